The third-order valence-electron chi connectivity index (χ3n) is 14.7. The lowest BCUT2D eigenvalue weighted by molar-refractivity contribution is 0.750. The van der Waals surface area contributed by atoms with E-state index in [0.717, 1.165) is 33.9 Å². The number of hydrogen-bond acceptors (Lipinski definition) is 3. The second-order valence-corrected chi connectivity index (χ2v) is 18.6. The molecule has 0 unspecified atom stereocenters. The Labute approximate surface area is 407 Å². The van der Waals surface area contributed by atoms with Crippen LogP contribution in [0, 0.1) is 6.92 Å². The number of aromatic nitrogens is 3. The van der Waals surface area contributed by atoms with Crippen LogP contribution >= 0.6 is 0 Å². The van der Waals surface area contributed by atoms with Crippen LogP contribution in [0.5, 0.6) is 0 Å². The Morgan fingerprint density at radius 1 is 0.343 bits per heavy atom. The zero-order valence-corrected chi connectivity index (χ0v) is 38.5. The Morgan fingerprint density at radius 3 is 1.50 bits per heavy atom. The molecule has 70 heavy (non-hydrogen) atoms. The van der Waals surface area contributed by atoms with Gasteiger partial charge in [-0.2, -0.15) is 0 Å². The number of rotatable bonds is 6. The number of nitrogens with zero attached hydrogens (tertiary/aromatic N) is 4. The molecule has 4 nitrogen and oxygen atoms in total. The van der Waals surface area contributed by atoms with Crippen LogP contribution in [0.1, 0.15) is 27.8 Å². The molecule has 10 aromatic carbocycles. The van der Waals surface area contributed by atoms with E-state index in [4.69, 9.17) is 9.97 Å². The molecule has 2 aromatic heterocycles. The smallest absolute Gasteiger partial charge is 0.235 e. The van der Waals surface area contributed by atoms with Gasteiger partial charge in [-0.05, 0) is 117 Å². The number of para-hydroxylation sites is 3. The van der Waals surface area contributed by atoms with Gasteiger partial charge in [0, 0.05) is 27.6 Å². The lowest BCUT2D eigenvalue weighted by Crippen LogP contribution is -2.36. The van der Waals surface area contributed by atoms with E-state index >= 15 is 0 Å². The fraction of sp³-hybridized carbons (Fsp3) is 0.0303. The first-order valence-corrected chi connectivity index (χ1v) is 24.1. The topological polar surface area (TPSA) is 34.0 Å². The van der Waals surface area contributed by atoms with Crippen LogP contribution in [0.3, 0.4) is 0 Å². The van der Waals surface area contributed by atoms with Crippen molar-refractivity contribution >= 4 is 39.1 Å². The zero-order valence-electron chi connectivity index (χ0n) is 38.5. The minimum Gasteiger partial charge on any atom is -0.309 e. The van der Waals surface area contributed by atoms with E-state index in [1.165, 1.54) is 88.7 Å². The van der Waals surface area contributed by atoms with Crippen molar-refractivity contribution in [1.29, 1.82) is 0 Å². The molecule has 328 valence electrons. The molecular formula is C66H44N4. The molecule has 0 bridgehead atoms. The minimum absolute atomic E-state index is 0.613. The molecule has 1 aliphatic carbocycles. The summed E-state index contributed by atoms with van der Waals surface area (Å²) in [6.45, 7) is 2.14. The molecule has 3 heterocycles. The van der Waals surface area contributed by atoms with Gasteiger partial charge in [-0.1, -0.05) is 200 Å². The predicted molar refractivity (Wildman–Crippen MR) is 288 cm³/mol. The normalized spacial score (nSPS) is 13.0. The lowest BCUT2D eigenvalue weighted by atomic mass is 9.64. The van der Waals surface area contributed by atoms with Crippen molar-refractivity contribution in [3.8, 4) is 61.6 Å². The summed E-state index contributed by atoms with van der Waals surface area (Å²) in [5.74, 6) is 0.631. The third kappa shape index (κ3) is 6.03. The summed E-state index contributed by atoms with van der Waals surface area (Å²) in [6, 6.07) is 90.5. The molecule has 4 heteroatoms. The molecule has 0 amide bonds. The summed E-state index contributed by atoms with van der Waals surface area (Å²) >= 11 is 0. The Hall–Kier alpha value is -9.12. The SMILES string of the molecule is Cc1ccc(-n2c3ccccc3c3cc(-c4ccc(-c5ccc6c(c5)C5(c7ccccc7-6)c6ccccc6N(c6nc(-c7ccccc7)cc(-c7ccccc7)n6)c6ccccc65)cc4)ccc32)cc1. The number of benzene rings is 10. The van der Waals surface area contributed by atoms with Gasteiger partial charge in [-0.25, -0.2) is 9.97 Å². The maximum Gasteiger partial charge on any atom is 0.235 e. The number of aryl methyl sites for hydroxylation is 1. The van der Waals surface area contributed by atoms with E-state index in [1.807, 2.05) is 12.1 Å². The molecule has 2 aliphatic rings. The molecule has 1 aliphatic heterocycles. The fourth-order valence-corrected chi connectivity index (χ4v) is 11.5. The van der Waals surface area contributed by atoms with Crippen molar-refractivity contribution in [2.45, 2.75) is 12.3 Å². The van der Waals surface area contributed by atoms with Crippen molar-refractivity contribution in [2.24, 2.45) is 0 Å². The van der Waals surface area contributed by atoms with Gasteiger partial charge in [0.05, 0.1) is 39.2 Å². The molecule has 0 fully saturated rings. The van der Waals surface area contributed by atoms with Crippen molar-refractivity contribution in [3.63, 3.8) is 0 Å². The summed E-state index contributed by atoms with van der Waals surface area (Å²) in [5, 5.41) is 2.50. The van der Waals surface area contributed by atoms with Crippen molar-refractivity contribution in [3.05, 3.63) is 277 Å². The Balaban J connectivity index is 0.905. The first-order chi connectivity index (χ1) is 34.6. The predicted octanol–water partition coefficient (Wildman–Crippen LogP) is 16.7. The molecular weight excluding hydrogens is 849 g/mol. The molecule has 12 aromatic rings. The number of anilines is 3. The second kappa shape index (κ2) is 15.7. The van der Waals surface area contributed by atoms with E-state index in [2.05, 4.69) is 253 Å². The standard InChI is InChI=1S/C66H44N4/c1-43-28-36-50(37-29-43)69-61-25-13-9-21-53(61)54-40-48(35-39-62(54)69)44-30-32-45(33-31-44)49-34-38-52-51-20-8-10-22-55(51)66(58(52)41-49)56-23-11-14-26-63(56)70(64-27-15-12-24-57(64)66)65-67-59(46-16-4-2-5-17-46)42-60(68-65)47-18-6-3-7-19-47/h2-42H,1H3. The van der Waals surface area contributed by atoms with Crippen molar-refractivity contribution in [2.75, 3.05) is 4.90 Å². The van der Waals surface area contributed by atoms with Crippen molar-refractivity contribution < 1.29 is 0 Å². The molecule has 1 spiro atoms. The number of fused-ring (bicyclic) bond motifs is 12. The highest BCUT2D eigenvalue weighted by atomic mass is 15.3. The van der Waals surface area contributed by atoms with Crippen LogP contribution in [0.25, 0.3) is 83.4 Å². The maximum absolute atomic E-state index is 5.40. The summed E-state index contributed by atoms with van der Waals surface area (Å²) in [5.41, 5.74) is 22.4. The van der Waals surface area contributed by atoms with Crippen LogP contribution < -0.4 is 4.90 Å². The lowest BCUT2D eigenvalue weighted by Gasteiger charge is -2.44. The van der Waals surface area contributed by atoms with Crippen LogP contribution in [0.2, 0.25) is 0 Å². The van der Waals surface area contributed by atoms with Gasteiger partial charge in [0.15, 0.2) is 0 Å². The monoisotopic (exact) mass is 892 g/mol. The Kier molecular flexibility index (Phi) is 8.99. The van der Waals surface area contributed by atoms with E-state index in [1.54, 1.807) is 0 Å². The summed E-state index contributed by atoms with van der Waals surface area (Å²) in [6.07, 6.45) is 0. The zero-order chi connectivity index (χ0) is 46.3. The average molecular weight is 893 g/mol. The van der Waals surface area contributed by atoms with Crippen LogP contribution in [0.4, 0.5) is 17.3 Å². The van der Waals surface area contributed by atoms with Gasteiger partial charge in [-0.15, -0.1) is 0 Å². The maximum atomic E-state index is 5.40. The Morgan fingerprint density at radius 2 is 0.843 bits per heavy atom. The van der Waals surface area contributed by atoms with Gasteiger partial charge in [0.1, 0.15) is 0 Å². The molecule has 0 N–H and O–H groups in total. The molecule has 0 saturated carbocycles. The van der Waals surface area contributed by atoms with Crippen LogP contribution in [-0.2, 0) is 5.41 Å². The second-order valence-electron chi connectivity index (χ2n) is 18.6. The van der Waals surface area contributed by atoms with Gasteiger partial charge >= 0.3 is 0 Å². The van der Waals surface area contributed by atoms with Crippen LogP contribution in [0.15, 0.2) is 249 Å². The first kappa shape index (κ1) is 40.0. The fourth-order valence-electron chi connectivity index (χ4n) is 11.5. The first-order valence-electron chi connectivity index (χ1n) is 24.1. The summed E-state index contributed by atoms with van der Waals surface area (Å²) in [4.78, 5) is 13.1. The van der Waals surface area contributed by atoms with Crippen molar-refractivity contribution in [1.82, 2.24) is 14.5 Å². The highest BCUT2D eigenvalue weighted by Crippen LogP contribution is 2.63. The van der Waals surface area contributed by atoms with Gasteiger partial charge in [0.2, 0.25) is 5.95 Å². The van der Waals surface area contributed by atoms with Crippen LogP contribution in [-0.4, -0.2) is 14.5 Å². The highest BCUT2D eigenvalue weighted by molar-refractivity contribution is 6.10. The van der Waals surface area contributed by atoms with Gasteiger partial charge < -0.3 is 4.57 Å². The molecule has 0 atom stereocenters. The summed E-state index contributed by atoms with van der Waals surface area (Å²) < 4.78 is 2.38. The third-order valence-corrected chi connectivity index (χ3v) is 14.7. The van der Waals surface area contributed by atoms with E-state index in [9.17, 15) is 0 Å². The van der Waals surface area contributed by atoms with E-state index in [-0.39, 0.29) is 0 Å². The molecule has 14 rings (SSSR count). The van der Waals surface area contributed by atoms with E-state index in [0.29, 0.717) is 5.95 Å². The molecule has 0 saturated heterocycles. The largest absolute Gasteiger partial charge is 0.309 e. The highest BCUT2D eigenvalue weighted by Gasteiger charge is 2.52. The number of hydrogen-bond donors (Lipinski definition) is 0. The van der Waals surface area contributed by atoms with E-state index < -0.39 is 5.41 Å². The Bertz CT molecular complexity index is 3900. The average Bonchev–Trinajstić information content (AvgIpc) is 3.92. The summed E-state index contributed by atoms with van der Waals surface area (Å²) in [7, 11) is 0. The van der Waals surface area contributed by atoms with Gasteiger partial charge in [-0.3, -0.25) is 4.90 Å². The molecule has 0 radical (unpaired) electrons. The minimum atomic E-state index is -0.613. The van der Waals surface area contributed by atoms with Gasteiger partial charge in [0.25, 0.3) is 0 Å². The quantitative estimate of drug-likeness (QED) is 0.167.